The number of hydrogen-bond donors (Lipinski definition) is 2. The van der Waals surface area contributed by atoms with Crippen LogP contribution in [-0.2, 0) is 10.0 Å². The highest BCUT2D eigenvalue weighted by Gasteiger charge is 2.22. The van der Waals surface area contributed by atoms with Gasteiger partial charge in [0, 0.05) is 12.1 Å². The summed E-state index contributed by atoms with van der Waals surface area (Å²) in [6, 6.07) is 0. The summed E-state index contributed by atoms with van der Waals surface area (Å²) in [7, 11) is -3.56. The Kier molecular flexibility index (Phi) is 4.64. The van der Waals surface area contributed by atoms with Gasteiger partial charge in [-0.1, -0.05) is 6.92 Å². The Morgan fingerprint density at radius 1 is 1.22 bits per heavy atom. The van der Waals surface area contributed by atoms with Gasteiger partial charge < -0.3 is 5.32 Å². The summed E-state index contributed by atoms with van der Waals surface area (Å²) in [4.78, 5) is 8.01. The highest BCUT2D eigenvalue weighted by Crippen LogP contribution is 2.11. The molecule has 6 nitrogen and oxygen atoms in total. The number of rotatable bonds is 5. The molecule has 0 saturated carbocycles. The van der Waals surface area contributed by atoms with Crippen LogP contribution in [0.2, 0.25) is 0 Å². The first-order valence-corrected chi connectivity index (χ1v) is 7.33. The molecule has 7 heteroatoms. The zero-order valence-corrected chi connectivity index (χ0v) is 12.0. The fourth-order valence-corrected chi connectivity index (χ4v) is 2.55. The Bertz CT molecular complexity index is 477. The van der Waals surface area contributed by atoms with Crippen LogP contribution in [-0.4, -0.2) is 30.5 Å². The maximum Gasteiger partial charge on any atom is 0.244 e. The normalized spacial score (nSPS) is 12.4. The SMILES string of the molecule is CCCNc1ncc(S(=O)(=O)NC(C)(C)C)cn1. The van der Waals surface area contributed by atoms with Gasteiger partial charge in [-0.3, -0.25) is 0 Å². The molecule has 1 heterocycles. The lowest BCUT2D eigenvalue weighted by Gasteiger charge is -2.20. The standard InChI is InChI=1S/C11H20N4O2S/c1-5-6-12-10-13-7-9(8-14-10)18(16,17)15-11(2,3)4/h7-8,15H,5-6H2,1-4H3,(H,12,13,14). The van der Waals surface area contributed by atoms with Gasteiger partial charge in [0.15, 0.2) is 0 Å². The van der Waals surface area contributed by atoms with E-state index in [4.69, 9.17) is 0 Å². The summed E-state index contributed by atoms with van der Waals surface area (Å²) in [5.41, 5.74) is -0.530. The minimum absolute atomic E-state index is 0.0690. The lowest BCUT2D eigenvalue weighted by Crippen LogP contribution is -2.40. The second-order valence-electron chi connectivity index (χ2n) is 5.02. The van der Waals surface area contributed by atoms with Crippen molar-refractivity contribution in [2.24, 2.45) is 0 Å². The monoisotopic (exact) mass is 272 g/mol. The minimum atomic E-state index is -3.56. The topological polar surface area (TPSA) is 84.0 Å². The van der Waals surface area contributed by atoms with Crippen LogP contribution in [0.5, 0.6) is 0 Å². The van der Waals surface area contributed by atoms with Gasteiger partial charge in [-0.2, -0.15) is 0 Å². The van der Waals surface area contributed by atoms with Crippen LogP contribution in [0.25, 0.3) is 0 Å². The van der Waals surface area contributed by atoms with Crippen molar-refractivity contribution in [2.45, 2.75) is 44.6 Å². The fourth-order valence-electron chi connectivity index (χ4n) is 1.25. The van der Waals surface area contributed by atoms with E-state index in [-0.39, 0.29) is 4.90 Å². The second kappa shape index (κ2) is 5.62. The minimum Gasteiger partial charge on any atom is -0.354 e. The number of anilines is 1. The zero-order chi connectivity index (χ0) is 13.8. The van der Waals surface area contributed by atoms with Crippen LogP contribution in [0.1, 0.15) is 34.1 Å². The van der Waals surface area contributed by atoms with Crippen LogP contribution >= 0.6 is 0 Å². The molecule has 0 bridgehead atoms. The number of hydrogen-bond acceptors (Lipinski definition) is 5. The lowest BCUT2D eigenvalue weighted by molar-refractivity contribution is 0.491. The molecular formula is C11H20N4O2S. The highest BCUT2D eigenvalue weighted by molar-refractivity contribution is 7.89. The van der Waals surface area contributed by atoms with Gasteiger partial charge in [-0.25, -0.2) is 23.1 Å². The van der Waals surface area contributed by atoms with Crippen molar-refractivity contribution in [1.29, 1.82) is 0 Å². The van der Waals surface area contributed by atoms with Gasteiger partial charge in [0.1, 0.15) is 4.90 Å². The summed E-state index contributed by atoms with van der Waals surface area (Å²) in [5, 5.41) is 2.98. The van der Waals surface area contributed by atoms with Crippen LogP contribution in [0.4, 0.5) is 5.95 Å². The van der Waals surface area contributed by atoms with E-state index in [0.717, 1.165) is 13.0 Å². The number of aromatic nitrogens is 2. The van der Waals surface area contributed by atoms with Crippen molar-refractivity contribution in [2.75, 3.05) is 11.9 Å². The molecule has 0 fully saturated rings. The molecule has 102 valence electrons. The number of nitrogens with zero attached hydrogens (tertiary/aromatic N) is 2. The predicted octanol–water partition coefficient (Wildman–Crippen LogP) is 1.38. The van der Waals surface area contributed by atoms with E-state index in [2.05, 4.69) is 20.0 Å². The molecule has 0 aliphatic rings. The first-order valence-electron chi connectivity index (χ1n) is 5.84. The van der Waals surface area contributed by atoms with Gasteiger partial charge in [-0.15, -0.1) is 0 Å². The molecule has 0 amide bonds. The molecule has 0 saturated heterocycles. The Hall–Kier alpha value is -1.21. The van der Waals surface area contributed by atoms with Gasteiger partial charge in [0.2, 0.25) is 16.0 Å². The lowest BCUT2D eigenvalue weighted by atomic mass is 10.1. The smallest absolute Gasteiger partial charge is 0.244 e. The molecule has 1 rings (SSSR count). The van der Waals surface area contributed by atoms with Crippen LogP contribution < -0.4 is 10.0 Å². The van der Waals surface area contributed by atoms with Crippen molar-refractivity contribution in [3.8, 4) is 0 Å². The number of sulfonamides is 1. The molecule has 1 aromatic rings. The van der Waals surface area contributed by atoms with Crippen LogP contribution in [0.3, 0.4) is 0 Å². The summed E-state index contributed by atoms with van der Waals surface area (Å²) < 4.78 is 26.5. The third kappa shape index (κ3) is 4.58. The van der Waals surface area contributed by atoms with Gasteiger partial charge in [0.25, 0.3) is 0 Å². The molecule has 2 N–H and O–H groups in total. The summed E-state index contributed by atoms with van der Waals surface area (Å²) in [6.07, 6.45) is 3.56. The molecular weight excluding hydrogens is 252 g/mol. The highest BCUT2D eigenvalue weighted by atomic mass is 32.2. The fraction of sp³-hybridized carbons (Fsp3) is 0.636. The largest absolute Gasteiger partial charge is 0.354 e. The van der Waals surface area contributed by atoms with E-state index in [0.29, 0.717) is 5.95 Å². The Labute approximate surface area is 108 Å². The molecule has 0 unspecified atom stereocenters. The van der Waals surface area contributed by atoms with Crippen LogP contribution in [0.15, 0.2) is 17.3 Å². The maximum atomic E-state index is 12.0. The van der Waals surface area contributed by atoms with Crippen molar-refractivity contribution < 1.29 is 8.42 Å². The molecule has 0 aliphatic heterocycles. The van der Waals surface area contributed by atoms with E-state index in [1.54, 1.807) is 20.8 Å². The molecule has 18 heavy (non-hydrogen) atoms. The van der Waals surface area contributed by atoms with E-state index in [1.165, 1.54) is 12.4 Å². The molecule has 0 aliphatic carbocycles. The number of nitrogens with one attached hydrogen (secondary N) is 2. The van der Waals surface area contributed by atoms with Crippen molar-refractivity contribution in [1.82, 2.24) is 14.7 Å². The van der Waals surface area contributed by atoms with Gasteiger partial charge in [0.05, 0.1) is 12.4 Å². The Morgan fingerprint density at radius 3 is 2.22 bits per heavy atom. The third-order valence-corrected chi connectivity index (χ3v) is 3.62. The van der Waals surface area contributed by atoms with E-state index in [1.807, 2.05) is 6.92 Å². The zero-order valence-electron chi connectivity index (χ0n) is 11.2. The Balaban J connectivity index is 2.84. The summed E-state index contributed by atoms with van der Waals surface area (Å²) in [6.45, 7) is 8.12. The van der Waals surface area contributed by atoms with Crippen LogP contribution in [0, 0.1) is 0 Å². The third-order valence-electron chi connectivity index (χ3n) is 1.91. The van der Waals surface area contributed by atoms with E-state index in [9.17, 15) is 8.42 Å². The molecule has 0 spiro atoms. The van der Waals surface area contributed by atoms with E-state index >= 15 is 0 Å². The van der Waals surface area contributed by atoms with Crippen molar-refractivity contribution in [3.63, 3.8) is 0 Å². The first-order chi connectivity index (χ1) is 8.24. The quantitative estimate of drug-likeness (QED) is 0.846. The Morgan fingerprint density at radius 2 is 1.78 bits per heavy atom. The molecule has 0 atom stereocenters. The van der Waals surface area contributed by atoms with Gasteiger partial charge in [-0.05, 0) is 27.2 Å². The van der Waals surface area contributed by atoms with Gasteiger partial charge >= 0.3 is 0 Å². The summed E-state index contributed by atoms with van der Waals surface area (Å²) >= 11 is 0. The molecule has 0 radical (unpaired) electrons. The van der Waals surface area contributed by atoms with Crippen molar-refractivity contribution >= 4 is 16.0 Å². The van der Waals surface area contributed by atoms with Crippen molar-refractivity contribution in [3.05, 3.63) is 12.4 Å². The second-order valence-corrected chi connectivity index (χ2v) is 6.71. The average molecular weight is 272 g/mol. The average Bonchev–Trinajstić information content (AvgIpc) is 2.23. The molecule has 0 aromatic carbocycles. The predicted molar refractivity (Wildman–Crippen MR) is 70.9 cm³/mol. The van der Waals surface area contributed by atoms with E-state index < -0.39 is 15.6 Å². The maximum absolute atomic E-state index is 12.0. The first kappa shape index (κ1) is 14.8. The molecule has 1 aromatic heterocycles. The summed E-state index contributed by atoms with van der Waals surface area (Å²) in [5.74, 6) is 0.437.